The Hall–Kier alpha value is -0.976. The van der Waals surface area contributed by atoms with E-state index in [1.807, 2.05) is 6.08 Å². The van der Waals surface area contributed by atoms with Gasteiger partial charge in [-0.25, -0.2) is 12.2 Å². The molecule has 0 aromatic carbocycles. The Morgan fingerprint density at radius 3 is 1.86 bits per heavy atom. The molecule has 0 amide bonds. The summed E-state index contributed by atoms with van der Waals surface area (Å²) in [6.45, 7) is 18.9. The first-order valence-electron chi connectivity index (χ1n) is 6.42. The van der Waals surface area contributed by atoms with Gasteiger partial charge >= 0.3 is 51.0 Å². The van der Waals surface area contributed by atoms with Crippen LogP contribution in [0.25, 0.3) is 0 Å². The Kier molecular flexibility index (Phi) is 36.8. The third-order valence-corrected chi connectivity index (χ3v) is 2.79. The molecular weight excluding hydrogens is 307 g/mol. The largest absolute Gasteiger partial charge is 4.00 e. The summed E-state index contributed by atoms with van der Waals surface area (Å²) in [7, 11) is 0. The second-order valence-electron chi connectivity index (χ2n) is 3.99. The second kappa shape index (κ2) is 27.4. The molecule has 1 aliphatic rings. The molecule has 1 unspecified atom stereocenters. The minimum Gasteiger partial charge on any atom is 4.00 e. The molecule has 5 heteroatoms. The molecule has 0 fully saturated rings. The van der Waals surface area contributed by atoms with Gasteiger partial charge in [-0.15, -0.1) is 12.2 Å². The SMILES string of the molecule is CCCB(CCC)C1C=[C-]C=CC=C1.[C-]#[O+].[C-]#[O+].[C-]#[O+].[Fe+4]. The zero-order valence-corrected chi connectivity index (χ0v) is 13.6. The van der Waals surface area contributed by atoms with E-state index in [4.69, 9.17) is 14.0 Å². The van der Waals surface area contributed by atoms with Gasteiger partial charge in [-0.05, 0) is 5.82 Å². The van der Waals surface area contributed by atoms with Gasteiger partial charge in [-0.1, -0.05) is 39.3 Å². The monoisotopic (exact) mass is 327 g/mol. The van der Waals surface area contributed by atoms with Crippen LogP contribution in [0.4, 0.5) is 0 Å². The standard InChI is InChI=1S/C13H20B.3CO.Fe/c1-3-11-14(12-4-2)13-9-7-5-6-8-10-13;3*1-2;/h5-7,9-10,13H,3-4,11-12H2,1-2H3;;;;/q-1;;;;+4. The van der Waals surface area contributed by atoms with E-state index in [2.05, 4.69) is 64.2 Å². The van der Waals surface area contributed by atoms with E-state index in [0.29, 0.717) is 5.82 Å². The predicted molar refractivity (Wildman–Crippen MR) is 77.6 cm³/mol. The summed E-state index contributed by atoms with van der Waals surface area (Å²) in [5.41, 5.74) is 0. The fraction of sp³-hybridized carbons (Fsp3) is 0.438. The Morgan fingerprint density at radius 2 is 1.43 bits per heavy atom. The fourth-order valence-corrected chi connectivity index (χ4v) is 2.09. The van der Waals surface area contributed by atoms with E-state index >= 15 is 0 Å². The number of rotatable bonds is 5. The van der Waals surface area contributed by atoms with E-state index in [0.717, 1.165) is 6.71 Å². The van der Waals surface area contributed by atoms with E-state index in [1.165, 1.54) is 25.5 Å². The topological polar surface area (TPSA) is 59.7 Å². The van der Waals surface area contributed by atoms with Crippen LogP contribution in [0.1, 0.15) is 26.7 Å². The maximum Gasteiger partial charge on any atom is 4.00 e. The van der Waals surface area contributed by atoms with Gasteiger partial charge in [0.05, 0.1) is 0 Å². The number of hydrogen-bond acceptors (Lipinski definition) is 0. The molecule has 21 heavy (non-hydrogen) atoms. The van der Waals surface area contributed by atoms with Crippen molar-refractivity contribution in [1.29, 1.82) is 0 Å². The molecular formula is C16H20BFeO3+3. The van der Waals surface area contributed by atoms with E-state index < -0.39 is 0 Å². The molecule has 1 rings (SSSR count). The molecule has 0 aromatic heterocycles. The molecule has 0 N–H and O–H groups in total. The van der Waals surface area contributed by atoms with Crippen molar-refractivity contribution < 1.29 is 31.0 Å². The molecule has 0 aromatic rings. The second-order valence-corrected chi connectivity index (χ2v) is 3.99. The molecule has 0 saturated heterocycles. The Labute approximate surface area is 139 Å². The Morgan fingerprint density at radius 1 is 0.952 bits per heavy atom. The van der Waals surface area contributed by atoms with Crippen molar-refractivity contribution in [3.63, 3.8) is 0 Å². The van der Waals surface area contributed by atoms with Gasteiger partial charge in [0, 0.05) is 0 Å². The number of hydrogen-bond donors (Lipinski definition) is 0. The van der Waals surface area contributed by atoms with Crippen LogP contribution in [-0.4, -0.2) is 6.71 Å². The first kappa shape index (κ1) is 28.2. The van der Waals surface area contributed by atoms with Crippen molar-refractivity contribution in [2.45, 2.75) is 45.1 Å². The minimum absolute atomic E-state index is 0. The van der Waals surface area contributed by atoms with Crippen molar-refractivity contribution in [3.05, 3.63) is 56.4 Å². The van der Waals surface area contributed by atoms with Crippen molar-refractivity contribution in [3.8, 4) is 0 Å². The van der Waals surface area contributed by atoms with Crippen LogP contribution in [0.15, 0.2) is 30.4 Å². The first-order chi connectivity index (χ1) is 9.88. The summed E-state index contributed by atoms with van der Waals surface area (Å²) in [6, 6.07) is 0. The normalized spacial score (nSPS) is 13.4. The average Bonchev–Trinajstić information content (AvgIpc) is 2.82. The molecule has 1 aliphatic carbocycles. The zero-order valence-electron chi connectivity index (χ0n) is 12.4. The minimum atomic E-state index is 0. The summed E-state index contributed by atoms with van der Waals surface area (Å²) < 4.78 is 22.5. The zero-order chi connectivity index (χ0) is 16.2. The molecule has 1 atom stereocenters. The van der Waals surface area contributed by atoms with Crippen LogP contribution in [0.2, 0.25) is 18.5 Å². The maximum atomic E-state index is 7.50. The third kappa shape index (κ3) is 17.0. The summed E-state index contributed by atoms with van der Waals surface area (Å²) in [5, 5.41) is 0. The summed E-state index contributed by atoms with van der Waals surface area (Å²) in [4.78, 5) is 0. The first-order valence-corrected chi connectivity index (χ1v) is 6.42. The van der Waals surface area contributed by atoms with Gasteiger partial charge in [0.15, 0.2) is 0 Å². The van der Waals surface area contributed by atoms with Gasteiger partial charge in [-0.2, -0.15) is 6.08 Å². The molecule has 0 spiro atoms. The van der Waals surface area contributed by atoms with Gasteiger partial charge < -0.3 is 0 Å². The Bertz CT molecular complexity index is 307. The van der Waals surface area contributed by atoms with Gasteiger partial charge in [0.1, 0.15) is 6.71 Å². The molecule has 0 heterocycles. The van der Waals surface area contributed by atoms with E-state index in [-0.39, 0.29) is 17.1 Å². The van der Waals surface area contributed by atoms with Crippen molar-refractivity contribution >= 4 is 6.71 Å². The maximum absolute atomic E-state index is 7.50. The van der Waals surface area contributed by atoms with Crippen LogP contribution < -0.4 is 0 Å². The quantitative estimate of drug-likeness (QED) is 0.416. The summed E-state index contributed by atoms with van der Waals surface area (Å²) in [6.07, 6.45) is 19.2. The average molecular weight is 327 g/mol. The molecule has 0 bridgehead atoms. The third-order valence-electron chi connectivity index (χ3n) is 2.79. The molecule has 110 valence electrons. The van der Waals surface area contributed by atoms with Gasteiger partial charge in [-0.3, -0.25) is 6.08 Å². The molecule has 0 aliphatic heterocycles. The predicted octanol–water partition coefficient (Wildman–Crippen LogP) is 4.04. The fourth-order valence-electron chi connectivity index (χ4n) is 2.09. The smallest absolute Gasteiger partial charge is 4.00 e. The van der Waals surface area contributed by atoms with Crippen molar-refractivity contribution in [2.75, 3.05) is 0 Å². The number of allylic oxidation sites excluding steroid dienone is 6. The van der Waals surface area contributed by atoms with Gasteiger partial charge in [0.2, 0.25) is 0 Å². The summed E-state index contributed by atoms with van der Waals surface area (Å²) >= 11 is 0. The van der Waals surface area contributed by atoms with Crippen molar-refractivity contribution in [2.24, 2.45) is 0 Å². The van der Waals surface area contributed by atoms with Crippen LogP contribution in [-0.2, 0) is 31.0 Å². The van der Waals surface area contributed by atoms with Crippen LogP contribution in [0, 0.1) is 26.0 Å². The van der Waals surface area contributed by atoms with Crippen LogP contribution in [0.5, 0.6) is 0 Å². The van der Waals surface area contributed by atoms with E-state index in [1.54, 1.807) is 0 Å². The summed E-state index contributed by atoms with van der Waals surface area (Å²) in [5.74, 6) is 0.602. The molecule has 0 radical (unpaired) electrons. The van der Waals surface area contributed by atoms with Crippen LogP contribution >= 0.6 is 0 Å². The van der Waals surface area contributed by atoms with E-state index in [9.17, 15) is 0 Å². The Balaban J connectivity index is -0.000000183. The van der Waals surface area contributed by atoms with Crippen molar-refractivity contribution in [1.82, 2.24) is 0 Å². The molecule has 0 saturated carbocycles. The van der Waals surface area contributed by atoms with Crippen LogP contribution in [0.3, 0.4) is 0 Å². The molecule has 3 nitrogen and oxygen atoms in total. The van der Waals surface area contributed by atoms with Gasteiger partial charge in [0.25, 0.3) is 0 Å².